The Balaban J connectivity index is 1.64. The smallest absolute Gasteiger partial charge is 0.338 e. The van der Waals surface area contributed by atoms with E-state index in [1.807, 2.05) is 24.3 Å². The Labute approximate surface area is 249 Å². The van der Waals surface area contributed by atoms with E-state index in [1.54, 1.807) is 62.4 Å². The van der Waals surface area contributed by atoms with E-state index in [-0.39, 0.29) is 24.3 Å². The monoisotopic (exact) mass is 612 g/mol. The Morgan fingerprint density at radius 3 is 2.50 bits per heavy atom. The molecule has 0 aliphatic carbocycles. The first kappa shape index (κ1) is 28.2. The second kappa shape index (κ2) is 12.0. The number of ether oxygens (including phenoxy) is 2. The molecule has 40 heavy (non-hydrogen) atoms. The third kappa shape index (κ3) is 5.60. The topological polar surface area (TPSA) is 69.9 Å². The predicted octanol–water partition coefficient (Wildman–Crippen LogP) is 6.34. The maximum Gasteiger partial charge on any atom is 0.338 e. The number of esters is 1. The van der Waals surface area contributed by atoms with Gasteiger partial charge in [-0.25, -0.2) is 9.79 Å². The van der Waals surface area contributed by atoms with Gasteiger partial charge in [0.15, 0.2) is 4.80 Å². The van der Waals surface area contributed by atoms with Crippen molar-refractivity contribution in [2.24, 2.45) is 4.99 Å². The Hall–Kier alpha value is -3.36. The van der Waals surface area contributed by atoms with Crippen LogP contribution in [0, 0.1) is 0 Å². The summed E-state index contributed by atoms with van der Waals surface area (Å²) in [5.41, 5.74) is 2.43. The van der Waals surface area contributed by atoms with Gasteiger partial charge >= 0.3 is 5.97 Å². The molecular formula is C30H23Cl3N2O4S. The van der Waals surface area contributed by atoms with Crippen molar-refractivity contribution in [3.63, 3.8) is 0 Å². The Kier molecular flexibility index (Phi) is 8.47. The van der Waals surface area contributed by atoms with Crippen LogP contribution in [0.5, 0.6) is 5.75 Å². The number of thiazole rings is 1. The molecule has 0 unspecified atom stereocenters. The van der Waals surface area contributed by atoms with E-state index >= 15 is 0 Å². The second-order valence-electron chi connectivity index (χ2n) is 8.89. The Morgan fingerprint density at radius 2 is 1.77 bits per heavy atom. The van der Waals surface area contributed by atoms with Crippen LogP contribution in [0.3, 0.4) is 0 Å². The Morgan fingerprint density at radius 1 is 1.05 bits per heavy atom. The van der Waals surface area contributed by atoms with E-state index in [0.29, 0.717) is 47.0 Å². The molecule has 2 heterocycles. The van der Waals surface area contributed by atoms with E-state index in [1.165, 1.54) is 15.9 Å². The molecule has 204 valence electrons. The first-order chi connectivity index (χ1) is 19.3. The summed E-state index contributed by atoms with van der Waals surface area (Å²) in [6.45, 7) is 3.87. The largest absolute Gasteiger partial charge is 0.488 e. The molecule has 0 fully saturated rings. The summed E-state index contributed by atoms with van der Waals surface area (Å²) in [7, 11) is 0. The molecule has 5 rings (SSSR count). The van der Waals surface area contributed by atoms with Crippen LogP contribution >= 0.6 is 46.1 Å². The number of allylic oxidation sites excluding steroid dienone is 1. The van der Waals surface area contributed by atoms with Crippen molar-refractivity contribution >= 4 is 58.2 Å². The highest BCUT2D eigenvalue weighted by atomic mass is 35.5. The SMILES string of the molecule is CCOC(=O)C1=C(C)N=c2s/c(=C\c3cc(Cl)ccc3OCc3ccccc3Cl)c(=O)n2[C@H]1c1ccccc1Cl. The van der Waals surface area contributed by atoms with Crippen LogP contribution < -0.4 is 19.6 Å². The molecule has 0 saturated carbocycles. The molecule has 0 N–H and O–H groups in total. The van der Waals surface area contributed by atoms with Gasteiger partial charge in [-0.1, -0.05) is 82.5 Å². The first-order valence-corrected chi connectivity index (χ1v) is 14.3. The fourth-order valence-corrected chi connectivity index (χ4v) is 6.11. The van der Waals surface area contributed by atoms with Crippen molar-refractivity contribution in [3.8, 4) is 5.75 Å². The molecule has 3 aromatic carbocycles. The lowest BCUT2D eigenvalue weighted by Gasteiger charge is -2.25. The molecule has 1 aliphatic rings. The van der Waals surface area contributed by atoms with Crippen LogP contribution in [0.25, 0.3) is 6.08 Å². The maximum absolute atomic E-state index is 13.9. The maximum atomic E-state index is 13.9. The summed E-state index contributed by atoms with van der Waals surface area (Å²) in [6.07, 6.45) is 1.71. The van der Waals surface area contributed by atoms with Gasteiger partial charge < -0.3 is 9.47 Å². The zero-order valence-corrected chi connectivity index (χ0v) is 24.6. The lowest BCUT2D eigenvalue weighted by atomic mass is 9.96. The van der Waals surface area contributed by atoms with Crippen LogP contribution in [-0.2, 0) is 16.1 Å². The van der Waals surface area contributed by atoms with E-state index in [2.05, 4.69) is 4.99 Å². The number of benzene rings is 3. The van der Waals surface area contributed by atoms with Gasteiger partial charge in [-0.2, -0.15) is 0 Å². The zero-order chi connectivity index (χ0) is 28.4. The van der Waals surface area contributed by atoms with Gasteiger partial charge in [0.25, 0.3) is 5.56 Å². The summed E-state index contributed by atoms with van der Waals surface area (Å²) in [6, 6.07) is 18.9. The highest BCUT2D eigenvalue weighted by molar-refractivity contribution is 7.07. The third-order valence-electron chi connectivity index (χ3n) is 6.32. The molecule has 6 nitrogen and oxygen atoms in total. The van der Waals surface area contributed by atoms with Gasteiger partial charge in [-0.3, -0.25) is 9.36 Å². The lowest BCUT2D eigenvalue weighted by molar-refractivity contribution is -0.139. The number of hydrogen-bond donors (Lipinski definition) is 0. The summed E-state index contributed by atoms with van der Waals surface area (Å²) in [4.78, 5) is 32.1. The number of nitrogens with zero attached hydrogens (tertiary/aromatic N) is 2. The molecule has 10 heteroatoms. The predicted molar refractivity (Wildman–Crippen MR) is 159 cm³/mol. The van der Waals surface area contributed by atoms with Crippen LogP contribution in [0.15, 0.2) is 87.8 Å². The van der Waals surface area contributed by atoms with Gasteiger partial charge in [0.1, 0.15) is 18.4 Å². The van der Waals surface area contributed by atoms with Crippen molar-refractivity contribution in [1.82, 2.24) is 4.57 Å². The molecule has 0 bridgehead atoms. The number of carbonyl (C=O) groups excluding carboxylic acids is 1. The summed E-state index contributed by atoms with van der Waals surface area (Å²) in [5, 5.41) is 1.50. The highest BCUT2D eigenvalue weighted by Crippen LogP contribution is 2.34. The van der Waals surface area contributed by atoms with Gasteiger partial charge in [0, 0.05) is 26.2 Å². The van der Waals surface area contributed by atoms with Crippen LogP contribution in [0.4, 0.5) is 0 Å². The Bertz CT molecular complexity index is 1830. The third-order valence-corrected chi connectivity index (χ3v) is 8.25. The van der Waals surface area contributed by atoms with E-state index in [9.17, 15) is 9.59 Å². The summed E-state index contributed by atoms with van der Waals surface area (Å²) >= 11 is 20.4. The van der Waals surface area contributed by atoms with Crippen LogP contribution in [0.2, 0.25) is 15.1 Å². The fourth-order valence-electron chi connectivity index (χ4n) is 4.46. The minimum absolute atomic E-state index is 0.182. The van der Waals surface area contributed by atoms with Gasteiger partial charge in [0.05, 0.1) is 22.4 Å². The second-order valence-corrected chi connectivity index (χ2v) is 11.1. The van der Waals surface area contributed by atoms with E-state index in [0.717, 1.165) is 5.56 Å². The fraction of sp³-hybridized carbons (Fsp3) is 0.167. The quantitative estimate of drug-likeness (QED) is 0.228. The number of fused-ring (bicyclic) bond motifs is 1. The number of carbonyl (C=O) groups is 1. The lowest BCUT2D eigenvalue weighted by Crippen LogP contribution is -2.40. The van der Waals surface area contributed by atoms with Crippen molar-refractivity contribution in [2.75, 3.05) is 6.61 Å². The standard InChI is InChI=1S/C30H23Cl3N2O4S/c1-3-38-29(37)26-17(2)34-30-35(27(26)21-9-5-7-11-23(21)33)28(36)25(40-30)15-19-14-20(31)12-13-24(19)39-16-18-8-4-6-10-22(18)32/h4-15,27H,3,16H2,1-2H3/b25-15-/t27-/m0/s1. The van der Waals surface area contributed by atoms with Crippen molar-refractivity contribution in [2.45, 2.75) is 26.5 Å². The molecule has 0 amide bonds. The molecule has 1 atom stereocenters. The van der Waals surface area contributed by atoms with E-state index in [4.69, 9.17) is 44.3 Å². The van der Waals surface area contributed by atoms with Crippen molar-refractivity contribution in [1.29, 1.82) is 0 Å². The van der Waals surface area contributed by atoms with Crippen molar-refractivity contribution < 1.29 is 14.3 Å². The molecule has 4 aromatic rings. The van der Waals surface area contributed by atoms with Gasteiger partial charge in [-0.05, 0) is 55.8 Å². The van der Waals surface area contributed by atoms with Crippen LogP contribution in [-0.4, -0.2) is 17.1 Å². The average molecular weight is 614 g/mol. The number of hydrogen-bond acceptors (Lipinski definition) is 6. The number of aromatic nitrogens is 1. The highest BCUT2D eigenvalue weighted by Gasteiger charge is 2.34. The van der Waals surface area contributed by atoms with Gasteiger partial charge in [0.2, 0.25) is 0 Å². The number of rotatable bonds is 7. The van der Waals surface area contributed by atoms with Crippen LogP contribution in [0.1, 0.15) is 36.6 Å². The molecular weight excluding hydrogens is 591 g/mol. The first-order valence-electron chi connectivity index (χ1n) is 12.4. The molecule has 1 aliphatic heterocycles. The minimum atomic E-state index is -0.804. The summed E-state index contributed by atoms with van der Waals surface area (Å²) in [5.74, 6) is -0.0192. The van der Waals surface area contributed by atoms with E-state index < -0.39 is 12.0 Å². The molecule has 0 saturated heterocycles. The van der Waals surface area contributed by atoms with Crippen molar-refractivity contribution in [3.05, 3.63) is 129 Å². The zero-order valence-electron chi connectivity index (χ0n) is 21.5. The normalized spacial score (nSPS) is 15.0. The number of halogens is 3. The molecule has 0 spiro atoms. The molecule has 1 aromatic heterocycles. The molecule has 0 radical (unpaired) electrons. The minimum Gasteiger partial charge on any atom is -0.488 e. The average Bonchev–Trinajstić information content (AvgIpc) is 3.23. The summed E-state index contributed by atoms with van der Waals surface area (Å²) < 4.78 is 13.3. The van der Waals surface area contributed by atoms with Gasteiger partial charge in [-0.15, -0.1) is 0 Å².